The molecule has 736 valence electrons. The lowest BCUT2D eigenvalue weighted by Gasteiger charge is -2.27. The summed E-state index contributed by atoms with van der Waals surface area (Å²) in [5.74, 6) is -1.49. The largest absolute Gasteiger partial charge is 0.756 e. The highest BCUT2D eigenvalue weighted by Crippen LogP contribution is 2.74. The fourth-order valence-electron chi connectivity index (χ4n) is 12.4. The summed E-state index contributed by atoms with van der Waals surface area (Å²) in [5.41, 5.74) is 28.5. The minimum atomic E-state index is -6.80. The Morgan fingerprint density at radius 3 is 1.10 bits per heavy atom. The van der Waals surface area contributed by atoms with Gasteiger partial charge in [-0.25, -0.2) is 82.5 Å². The van der Waals surface area contributed by atoms with Gasteiger partial charge in [-0.1, -0.05) is 9.97 Å². The number of phosphoric acid groups is 10. The van der Waals surface area contributed by atoms with Gasteiger partial charge < -0.3 is 153 Å². The molecule has 74 nitrogen and oxygen atoms in total. The quantitative estimate of drug-likeness (QED) is 0.0126. The number of anilines is 4. The van der Waals surface area contributed by atoms with Crippen molar-refractivity contribution >= 4 is 159 Å². The number of hydrogen-bond donors (Lipinski definition) is 26. The summed E-state index contributed by atoms with van der Waals surface area (Å²) in [7, 11) is -60.9. The topological polar surface area (TPSA) is 1120 Å². The number of carbonyl (C=O) groups excluding carboxylic acids is 2. The number of nitrogens with two attached hydrogens (primary N) is 6. The Hall–Kier alpha value is -7.92. The van der Waals surface area contributed by atoms with Crippen LogP contribution in [0.5, 0.6) is 0 Å². The Labute approximate surface area is 726 Å². The number of aromatic nitrogens is 16. The molecule has 4 aliphatic rings. The maximum Gasteiger partial charge on any atom is 0.487 e. The molecular weight excluding hydrogens is 2020 g/mol. The Morgan fingerprint density at radius 1 is 0.432 bits per heavy atom. The van der Waals surface area contributed by atoms with Crippen molar-refractivity contribution in [1.29, 1.82) is 0 Å². The van der Waals surface area contributed by atoms with Gasteiger partial charge in [-0.15, -0.1) is 0 Å². The van der Waals surface area contributed by atoms with Gasteiger partial charge in [-0.2, -0.15) is 27.2 Å². The second-order valence-electron chi connectivity index (χ2n) is 26.9. The molecule has 8 aromatic rings. The zero-order valence-electron chi connectivity index (χ0n) is 65.5. The van der Waals surface area contributed by atoms with E-state index in [0.717, 1.165) is 30.9 Å². The summed E-state index contributed by atoms with van der Waals surface area (Å²) >= 11 is 0. The van der Waals surface area contributed by atoms with Crippen LogP contribution in [0, 0.1) is 0 Å². The number of phosphoric ester groups is 4. The fraction of sp³-hybridized carbons (Fsp3) is 0.542. The first-order valence-electron chi connectivity index (χ1n) is 35.5. The first-order chi connectivity index (χ1) is 61.0. The second-order valence-corrected chi connectivity index (χ2v) is 42.5. The van der Waals surface area contributed by atoms with Gasteiger partial charge >= 0.3 is 86.1 Å². The first kappa shape index (κ1) is 105. The molecule has 4 fully saturated rings. The van der Waals surface area contributed by atoms with E-state index < -0.39 is 237 Å². The molecule has 0 spiro atoms. The Kier molecular flexibility index (Phi) is 31.7. The van der Waals surface area contributed by atoms with Crippen LogP contribution < -0.4 is 86.2 Å². The molecule has 0 radical (unpaired) electrons. The summed E-state index contributed by atoms with van der Waals surface area (Å²) in [6, 6.07) is 0. The Morgan fingerprint density at radius 2 is 0.742 bits per heavy atom. The molecule has 12 rings (SSSR count). The molecule has 32 N–H and O–H groups in total. The zero-order chi connectivity index (χ0) is 97.8. The molecule has 0 aromatic carbocycles. The number of aromatic amines is 4. The molecule has 0 aliphatic carbocycles. The maximum atomic E-state index is 12.8. The molecule has 4 saturated heterocycles. The van der Waals surface area contributed by atoms with Crippen molar-refractivity contribution in [2.75, 3.05) is 75.5 Å². The van der Waals surface area contributed by atoms with Gasteiger partial charge in [0.1, 0.15) is 54.9 Å². The summed E-state index contributed by atoms with van der Waals surface area (Å²) in [4.78, 5) is 211. The lowest BCUT2D eigenvalue weighted by molar-refractivity contribution is -0.746. The van der Waals surface area contributed by atoms with E-state index in [1.165, 1.54) is 35.9 Å². The average molecular weight is 2100 g/mol. The molecule has 0 bridgehead atoms. The summed E-state index contributed by atoms with van der Waals surface area (Å²) in [6.45, 7) is -5.48. The van der Waals surface area contributed by atoms with Gasteiger partial charge in [-0.05, 0) is 0 Å². The van der Waals surface area contributed by atoms with E-state index in [1.54, 1.807) is 0 Å². The van der Waals surface area contributed by atoms with Gasteiger partial charge in [0, 0.05) is 26.2 Å². The first-order valence-corrected chi connectivity index (χ1v) is 50.4. The number of nitrogen functional groups attached to an aromatic ring is 4. The smallest absolute Gasteiger partial charge is 0.487 e. The van der Waals surface area contributed by atoms with Crippen molar-refractivity contribution in [3.63, 3.8) is 0 Å². The van der Waals surface area contributed by atoms with Crippen LogP contribution in [0.1, 0.15) is 24.9 Å². The van der Waals surface area contributed by atoms with Crippen molar-refractivity contribution in [2.45, 2.75) is 98.2 Å². The van der Waals surface area contributed by atoms with Gasteiger partial charge in [0.15, 0.2) is 65.8 Å². The van der Waals surface area contributed by atoms with E-state index in [0.29, 0.717) is 0 Å². The van der Waals surface area contributed by atoms with Crippen LogP contribution in [0.4, 0.5) is 33.4 Å². The third-order valence-corrected chi connectivity index (χ3v) is 32.4. The second kappa shape index (κ2) is 40.0. The molecule has 10 unspecified atom stereocenters. The predicted molar refractivity (Wildman–Crippen MR) is 410 cm³/mol. The van der Waals surface area contributed by atoms with Crippen molar-refractivity contribution in [2.24, 2.45) is 25.6 Å². The van der Waals surface area contributed by atoms with E-state index in [9.17, 15) is 154 Å². The molecule has 84 heteroatoms. The standard InChI is InChI=1S/2C24H37N12O25P5/c1-34-7-36(17-11(34)19(41)33-23(27)31-17)21-14(39)15(57-24(42)28-3-2-25)9(56-21)5-54-63(45,46)59-65(49,50)61-66(51,52)60-64(47,48)58-62(43,44)53-4-8-12(37)13(38)20(55-8)35-6-29-10-16(35)30-22(26)32-18(10)40;1-34-7-36(17-11(34)19(41)33-23(27)31-17)21-15(57-24(42)28-3-2-25)13(38)9(56-21)5-54-63(45,46)59-65(49,50)61-66(51,52)60-64(47,48)58-62(43,44)53-4-8-12(37)14(39)20(55-8)35-6-29-10-16(35)30-22(26)32-18(10)40/h2*6-9,12-15,20-21,37-39H,2-5,25H2,1H3,(H11-,26,27,28,30,31,32,33,40,41,42,43,44,45,46,47,48,49,50,51,52)/t2*8-,9-,12-,13-,14-,15-,20-,21-/m11/s1. The number of alkyl carbamates (subject to hydrolysis) is 2. The van der Waals surface area contributed by atoms with Gasteiger partial charge in [0.25, 0.3) is 49.8 Å². The van der Waals surface area contributed by atoms with Crippen LogP contribution in [0.2, 0.25) is 0 Å². The van der Waals surface area contributed by atoms with Crippen LogP contribution in [0.3, 0.4) is 0 Å². The number of H-pyrrole nitrogens is 4. The van der Waals surface area contributed by atoms with E-state index >= 15 is 0 Å². The summed E-state index contributed by atoms with van der Waals surface area (Å²) in [6.07, 6.45) is -26.8. The number of imidazole rings is 4. The van der Waals surface area contributed by atoms with Crippen LogP contribution in [0.25, 0.3) is 44.7 Å². The minimum Gasteiger partial charge on any atom is -0.756 e. The molecule has 132 heavy (non-hydrogen) atoms. The number of ether oxygens (including phenoxy) is 6. The number of rotatable bonds is 38. The van der Waals surface area contributed by atoms with Crippen LogP contribution >= 0.6 is 78.2 Å². The molecule has 0 saturated carbocycles. The average Bonchev–Trinajstić information content (AvgIpc) is 1.62. The molecule has 4 aliphatic heterocycles. The minimum absolute atomic E-state index is 0.0411. The molecule has 26 atom stereocenters. The lowest BCUT2D eigenvalue weighted by atomic mass is 10.1. The third kappa shape index (κ3) is 25.3. The number of nitrogens with one attached hydrogen (secondary N) is 6. The monoisotopic (exact) mass is 2100 g/mol. The number of fused-ring (bicyclic) bond motifs is 4. The zero-order valence-corrected chi connectivity index (χ0v) is 74.4. The Bertz CT molecular complexity index is 6470. The van der Waals surface area contributed by atoms with Crippen molar-refractivity contribution in [1.82, 2.24) is 78.7 Å². The lowest BCUT2D eigenvalue weighted by Crippen LogP contribution is -2.49. The number of aryl methyl sites for hydroxylation is 2. The van der Waals surface area contributed by atoms with Gasteiger partial charge in [0.05, 0.1) is 53.2 Å². The van der Waals surface area contributed by atoms with Crippen molar-refractivity contribution < 1.29 is 225 Å². The number of hydrogen-bond acceptors (Lipinski definition) is 54. The third-order valence-electron chi connectivity index (χ3n) is 17.4. The number of carbonyl (C=O) groups is 2. The summed E-state index contributed by atoms with van der Waals surface area (Å²) in [5, 5.41) is 68.6. The highest BCUT2D eigenvalue weighted by molar-refractivity contribution is 7.72. The maximum absolute atomic E-state index is 12.8. The van der Waals surface area contributed by atoms with Crippen LogP contribution in [-0.4, -0.2) is 276 Å². The number of amides is 2. The number of nitrogens with zero attached hydrogens (tertiary/aromatic N) is 12. The van der Waals surface area contributed by atoms with E-state index in [2.05, 4.69) is 113 Å². The number of aliphatic hydroxyl groups is 6. The fourth-order valence-corrected chi connectivity index (χ4v) is 25.0. The molecule has 12 heterocycles. The molecule has 2 amide bonds. The van der Waals surface area contributed by atoms with Gasteiger partial charge in [0.2, 0.25) is 35.4 Å². The van der Waals surface area contributed by atoms with Crippen LogP contribution in [-0.2, 0) is 141 Å². The highest BCUT2D eigenvalue weighted by atomic mass is 31.3. The Balaban J connectivity index is 0.000000255. The SMILES string of the molecule is Cn1c[n+]([C@@H]2O[C@H](COP(=O)(O)OP(=O)(O)OP(=O)([O-])OP(=O)(O)OP(=O)(O)OC[C@H]3O[C@@H](n4cnc5c(=O)[nH]c(N)nc54)[C@H](O)[C@@H]3O)[C@@H](O)[C@H]2OC(=O)NCCN)c2nc(N)[nH]c(=O)c21.Cn1c[n+]([C@@H]2O[C@H](COP(=O)(O)OP(=O)(O)OP(=O)([O-])OP(=O)(O)OP(=O)(O)OC[C@H]3O[C@@H](n4cnc5c(=O)[nH]c(N)nc54)[C@H](O)[C@@H]3O)[C@@H](OC(=O)NCCN)[C@H]2O)c2nc(N)[nH]c(=O)c21. The number of aliphatic hydroxyl groups excluding tert-OH is 6. The van der Waals surface area contributed by atoms with E-state index in [4.69, 9.17) is 62.8 Å². The van der Waals surface area contributed by atoms with E-state index in [1.807, 2.05) is 0 Å². The van der Waals surface area contributed by atoms with Crippen molar-refractivity contribution in [3.8, 4) is 0 Å². The van der Waals surface area contributed by atoms with E-state index in [-0.39, 0.29) is 94.6 Å². The highest BCUT2D eigenvalue weighted by Gasteiger charge is 2.56. The van der Waals surface area contributed by atoms with Crippen LogP contribution in [0.15, 0.2) is 44.5 Å². The van der Waals surface area contributed by atoms with Gasteiger partial charge in [-0.3, -0.25) is 84.6 Å². The summed E-state index contributed by atoms with van der Waals surface area (Å²) < 4.78 is 212. The predicted octanol–water partition coefficient (Wildman–Crippen LogP) is -10.5. The molecular formula is C48H74N24O50P10. The molecule has 8 aromatic heterocycles. The normalized spacial score (nSPS) is 28.0. The van der Waals surface area contributed by atoms with Crippen molar-refractivity contribution in [3.05, 3.63) is 66.7 Å².